The van der Waals surface area contributed by atoms with Crippen LogP contribution in [0.25, 0.3) is 0 Å². The number of guanidine groups is 1. The summed E-state index contributed by atoms with van der Waals surface area (Å²) in [6.45, 7) is 10.6. The lowest BCUT2D eigenvalue weighted by Gasteiger charge is -2.34. The number of rotatable bonds is 12. The number of nitrogens with zero attached hydrogens (tertiary/aromatic N) is 3. The molecule has 0 saturated carbocycles. The van der Waals surface area contributed by atoms with Gasteiger partial charge in [-0.05, 0) is 38.1 Å². The maximum absolute atomic E-state index is 6.10. The highest BCUT2D eigenvalue weighted by molar-refractivity contribution is 14.0. The van der Waals surface area contributed by atoms with Crippen molar-refractivity contribution in [1.29, 1.82) is 0 Å². The van der Waals surface area contributed by atoms with Crippen LogP contribution in [0.4, 0.5) is 0 Å². The van der Waals surface area contributed by atoms with Crippen molar-refractivity contribution in [1.82, 2.24) is 20.4 Å². The second-order valence-electron chi connectivity index (χ2n) is 7.51. The quantitative estimate of drug-likeness (QED) is 0.175. The van der Waals surface area contributed by atoms with E-state index >= 15 is 0 Å². The first kappa shape index (κ1) is 28.4. The van der Waals surface area contributed by atoms with Crippen molar-refractivity contribution >= 4 is 41.5 Å². The molecule has 2 rings (SSSR count). The smallest absolute Gasteiger partial charge is 0.191 e. The summed E-state index contributed by atoms with van der Waals surface area (Å²) in [5, 5.41) is 7.58. The molecule has 2 N–H and O–H groups in total. The molecule has 9 heteroatoms. The third kappa shape index (κ3) is 11.2. The van der Waals surface area contributed by atoms with Gasteiger partial charge in [0.2, 0.25) is 0 Å². The van der Waals surface area contributed by atoms with E-state index in [4.69, 9.17) is 26.1 Å². The fraction of sp³-hybridized carbons (Fsp3) is 0.682. The number of benzene rings is 1. The molecule has 0 spiro atoms. The Morgan fingerprint density at radius 3 is 2.58 bits per heavy atom. The number of morpholine rings is 1. The summed E-state index contributed by atoms with van der Waals surface area (Å²) in [5.41, 5.74) is 1.23. The average Bonchev–Trinajstić information content (AvgIpc) is 2.76. The molecule has 1 atom stereocenters. The van der Waals surface area contributed by atoms with E-state index < -0.39 is 0 Å². The van der Waals surface area contributed by atoms with Crippen LogP contribution in [0.2, 0.25) is 5.02 Å². The number of aliphatic imine (C=N–C) groups is 1. The topological polar surface area (TPSA) is 61.4 Å². The normalized spacial score (nSPS) is 16.1. The van der Waals surface area contributed by atoms with Crippen molar-refractivity contribution in [2.24, 2.45) is 4.99 Å². The first-order chi connectivity index (χ1) is 14.6. The van der Waals surface area contributed by atoms with Gasteiger partial charge >= 0.3 is 0 Å². The maximum atomic E-state index is 6.10. The minimum absolute atomic E-state index is 0. The Morgan fingerprint density at radius 1 is 1.23 bits per heavy atom. The van der Waals surface area contributed by atoms with E-state index in [1.807, 2.05) is 12.1 Å². The van der Waals surface area contributed by atoms with E-state index in [-0.39, 0.29) is 30.0 Å². The molecular weight excluding hydrogens is 529 g/mol. The molecule has 178 valence electrons. The number of likely N-dealkylation sites (N-methyl/N-ethyl adjacent to an activating group) is 1. The minimum atomic E-state index is 0. The van der Waals surface area contributed by atoms with Gasteiger partial charge in [0.25, 0.3) is 0 Å². The standard InChI is InChI=1S/C22H38ClN5O2.HI/c1-4-24-22(25-10-12-27(2)11-5-15-29-3)26-18-21(28-13-16-30-17-14-28)19-6-8-20(23)9-7-19;/h6-9,21H,4-5,10-18H2,1-3H3,(H2,24,25,26);1H. The molecule has 0 bridgehead atoms. The van der Waals surface area contributed by atoms with E-state index in [0.29, 0.717) is 6.54 Å². The molecule has 0 aliphatic carbocycles. The average molecular weight is 568 g/mol. The number of ether oxygens (including phenoxy) is 2. The van der Waals surface area contributed by atoms with Crippen molar-refractivity contribution in [3.63, 3.8) is 0 Å². The van der Waals surface area contributed by atoms with Gasteiger partial charge in [0.1, 0.15) is 0 Å². The molecule has 0 radical (unpaired) electrons. The van der Waals surface area contributed by atoms with Crippen LogP contribution in [0.1, 0.15) is 24.9 Å². The van der Waals surface area contributed by atoms with E-state index in [1.165, 1.54) is 5.56 Å². The molecule has 1 aromatic rings. The van der Waals surface area contributed by atoms with Gasteiger partial charge in [0, 0.05) is 58.0 Å². The summed E-state index contributed by atoms with van der Waals surface area (Å²) in [7, 11) is 3.88. The highest BCUT2D eigenvalue weighted by Crippen LogP contribution is 2.24. The molecule has 1 aromatic carbocycles. The predicted octanol–water partition coefficient (Wildman–Crippen LogP) is 2.85. The Hall–Kier alpha value is -0.650. The van der Waals surface area contributed by atoms with Gasteiger partial charge in [-0.3, -0.25) is 9.89 Å². The first-order valence-electron chi connectivity index (χ1n) is 10.9. The summed E-state index contributed by atoms with van der Waals surface area (Å²) in [5.74, 6) is 0.856. The Morgan fingerprint density at radius 2 is 1.94 bits per heavy atom. The largest absolute Gasteiger partial charge is 0.385 e. The molecule has 0 amide bonds. The van der Waals surface area contributed by atoms with Crippen LogP contribution in [0, 0.1) is 0 Å². The van der Waals surface area contributed by atoms with Gasteiger partial charge in [-0.15, -0.1) is 24.0 Å². The van der Waals surface area contributed by atoms with Gasteiger partial charge in [-0.25, -0.2) is 0 Å². The zero-order valence-corrected chi connectivity index (χ0v) is 22.2. The molecule has 1 aliphatic rings. The number of methoxy groups -OCH3 is 1. The molecule has 1 fully saturated rings. The van der Waals surface area contributed by atoms with E-state index in [2.05, 4.69) is 46.5 Å². The molecule has 7 nitrogen and oxygen atoms in total. The Kier molecular flexibility index (Phi) is 15.5. The molecule has 1 saturated heterocycles. The molecular formula is C22H39ClIN5O2. The van der Waals surface area contributed by atoms with Crippen LogP contribution in [-0.2, 0) is 9.47 Å². The SMILES string of the molecule is CCNC(=NCC(c1ccc(Cl)cc1)N1CCOCC1)NCCN(C)CCCOC.I. The Balaban J connectivity index is 0.00000480. The van der Waals surface area contributed by atoms with Crippen molar-refractivity contribution in [2.75, 3.05) is 79.8 Å². The van der Waals surface area contributed by atoms with Crippen LogP contribution < -0.4 is 10.6 Å². The van der Waals surface area contributed by atoms with Crippen molar-refractivity contribution in [2.45, 2.75) is 19.4 Å². The highest BCUT2D eigenvalue weighted by atomic mass is 127. The summed E-state index contributed by atoms with van der Waals surface area (Å²) in [6, 6.07) is 8.33. The van der Waals surface area contributed by atoms with E-state index in [1.54, 1.807) is 7.11 Å². The fourth-order valence-electron chi connectivity index (χ4n) is 3.48. The molecule has 0 aromatic heterocycles. The molecule has 1 unspecified atom stereocenters. The molecule has 31 heavy (non-hydrogen) atoms. The van der Waals surface area contributed by atoms with Gasteiger partial charge in [-0.1, -0.05) is 23.7 Å². The third-order valence-electron chi connectivity index (χ3n) is 5.18. The molecule has 1 heterocycles. The molecule has 1 aliphatic heterocycles. The summed E-state index contributed by atoms with van der Waals surface area (Å²) < 4.78 is 10.7. The second kappa shape index (κ2) is 16.9. The maximum Gasteiger partial charge on any atom is 0.191 e. The fourth-order valence-corrected chi connectivity index (χ4v) is 3.61. The second-order valence-corrected chi connectivity index (χ2v) is 7.95. The summed E-state index contributed by atoms with van der Waals surface area (Å²) >= 11 is 6.10. The lowest BCUT2D eigenvalue weighted by Crippen LogP contribution is -2.43. The van der Waals surface area contributed by atoms with Crippen molar-refractivity contribution in [3.8, 4) is 0 Å². The van der Waals surface area contributed by atoms with E-state index in [0.717, 1.165) is 76.5 Å². The number of hydrogen-bond donors (Lipinski definition) is 2. The third-order valence-corrected chi connectivity index (χ3v) is 5.43. The van der Waals surface area contributed by atoms with Crippen molar-refractivity contribution in [3.05, 3.63) is 34.9 Å². The Bertz CT molecular complexity index is 614. The van der Waals surface area contributed by atoms with Gasteiger partial charge in [-0.2, -0.15) is 0 Å². The van der Waals surface area contributed by atoms with Crippen LogP contribution in [-0.4, -0.2) is 95.6 Å². The zero-order valence-electron chi connectivity index (χ0n) is 19.1. The highest BCUT2D eigenvalue weighted by Gasteiger charge is 2.22. The van der Waals surface area contributed by atoms with E-state index in [9.17, 15) is 0 Å². The van der Waals surface area contributed by atoms with Crippen LogP contribution >= 0.6 is 35.6 Å². The first-order valence-corrected chi connectivity index (χ1v) is 11.3. The number of halogens is 2. The van der Waals surface area contributed by atoms with Gasteiger partial charge in [0.15, 0.2) is 5.96 Å². The summed E-state index contributed by atoms with van der Waals surface area (Å²) in [6.07, 6.45) is 1.05. The predicted molar refractivity (Wildman–Crippen MR) is 140 cm³/mol. The van der Waals surface area contributed by atoms with Crippen LogP contribution in [0.5, 0.6) is 0 Å². The van der Waals surface area contributed by atoms with Gasteiger partial charge in [0.05, 0.1) is 25.8 Å². The number of nitrogens with one attached hydrogen (secondary N) is 2. The lowest BCUT2D eigenvalue weighted by molar-refractivity contribution is 0.0179. The Labute approximate surface area is 209 Å². The lowest BCUT2D eigenvalue weighted by atomic mass is 10.0. The van der Waals surface area contributed by atoms with Crippen LogP contribution in [0.15, 0.2) is 29.3 Å². The van der Waals surface area contributed by atoms with Crippen molar-refractivity contribution < 1.29 is 9.47 Å². The van der Waals surface area contributed by atoms with Crippen LogP contribution in [0.3, 0.4) is 0 Å². The number of hydrogen-bond acceptors (Lipinski definition) is 5. The van der Waals surface area contributed by atoms with Gasteiger partial charge < -0.3 is 25.0 Å². The minimum Gasteiger partial charge on any atom is -0.385 e. The zero-order chi connectivity index (χ0) is 21.6. The monoisotopic (exact) mass is 567 g/mol. The summed E-state index contributed by atoms with van der Waals surface area (Å²) in [4.78, 5) is 9.65.